The van der Waals surface area contributed by atoms with Crippen molar-refractivity contribution in [3.63, 3.8) is 0 Å². The van der Waals surface area contributed by atoms with Crippen molar-refractivity contribution < 1.29 is 14.7 Å². The lowest BCUT2D eigenvalue weighted by molar-refractivity contribution is -0.111. The number of carbonyl (C=O) groups excluding carboxylic acids is 1. The van der Waals surface area contributed by atoms with Crippen LogP contribution in [0, 0.1) is 0 Å². The first-order valence-corrected chi connectivity index (χ1v) is 6.13. The third-order valence-corrected chi connectivity index (χ3v) is 3.04. The van der Waals surface area contributed by atoms with Gasteiger partial charge in [0.25, 0.3) is 0 Å². The van der Waals surface area contributed by atoms with Crippen LogP contribution in [0.15, 0.2) is 30.3 Å². The number of carbonyl (C=O) groups is 1. The number of benzene rings is 1. The molecule has 2 atom stereocenters. The Labute approximate surface area is 106 Å². The minimum atomic E-state index is -0.523. The Kier molecular flexibility index (Phi) is 4.30. The second-order valence-corrected chi connectivity index (χ2v) is 4.51. The molecule has 5 nitrogen and oxygen atoms in total. The SMILES string of the molecule is NC1CN(OC(=O)c2ccccc2)CCCC1O. The van der Waals surface area contributed by atoms with Gasteiger partial charge in [0.15, 0.2) is 0 Å². The fourth-order valence-corrected chi connectivity index (χ4v) is 1.97. The van der Waals surface area contributed by atoms with Crippen molar-refractivity contribution >= 4 is 5.97 Å². The van der Waals surface area contributed by atoms with Crippen LogP contribution in [0.5, 0.6) is 0 Å². The van der Waals surface area contributed by atoms with E-state index in [2.05, 4.69) is 0 Å². The van der Waals surface area contributed by atoms with Gasteiger partial charge in [-0.25, -0.2) is 4.79 Å². The van der Waals surface area contributed by atoms with Gasteiger partial charge in [0.2, 0.25) is 0 Å². The Hall–Kier alpha value is -1.43. The van der Waals surface area contributed by atoms with E-state index in [0.29, 0.717) is 25.1 Å². The van der Waals surface area contributed by atoms with Crippen molar-refractivity contribution in [3.8, 4) is 0 Å². The Balaban J connectivity index is 1.95. The quantitative estimate of drug-likeness (QED) is 0.801. The van der Waals surface area contributed by atoms with Gasteiger partial charge < -0.3 is 15.7 Å². The van der Waals surface area contributed by atoms with Crippen molar-refractivity contribution in [2.75, 3.05) is 13.1 Å². The average molecular weight is 250 g/mol. The molecule has 98 valence electrons. The first-order valence-electron chi connectivity index (χ1n) is 6.13. The minimum Gasteiger partial charge on any atom is -0.391 e. The largest absolute Gasteiger partial charge is 0.391 e. The molecule has 0 radical (unpaired) electrons. The first kappa shape index (κ1) is 13.0. The molecule has 3 N–H and O–H groups in total. The van der Waals surface area contributed by atoms with Gasteiger partial charge in [-0.1, -0.05) is 18.2 Å². The highest BCUT2D eigenvalue weighted by Crippen LogP contribution is 2.12. The van der Waals surface area contributed by atoms with Gasteiger partial charge in [-0.2, -0.15) is 0 Å². The normalized spacial score (nSPS) is 25.4. The number of hydroxylamine groups is 2. The molecule has 0 spiro atoms. The molecule has 1 heterocycles. The van der Waals surface area contributed by atoms with E-state index in [0.717, 1.165) is 6.42 Å². The molecule has 2 unspecified atom stereocenters. The van der Waals surface area contributed by atoms with Crippen LogP contribution in [0.2, 0.25) is 0 Å². The van der Waals surface area contributed by atoms with E-state index in [-0.39, 0.29) is 12.0 Å². The predicted molar refractivity (Wildman–Crippen MR) is 66.6 cm³/mol. The van der Waals surface area contributed by atoms with E-state index < -0.39 is 6.10 Å². The van der Waals surface area contributed by atoms with Gasteiger partial charge in [-0.3, -0.25) is 0 Å². The summed E-state index contributed by atoms with van der Waals surface area (Å²) < 4.78 is 0. The molecule has 1 fully saturated rings. The number of rotatable bonds is 2. The van der Waals surface area contributed by atoms with E-state index >= 15 is 0 Å². The van der Waals surface area contributed by atoms with Crippen LogP contribution in [0.1, 0.15) is 23.2 Å². The standard InChI is InChI=1S/C13H18N2O3/c14-11-9-15(8-4-7-12(11)16)18-13(17)10-5-2-1-3-6-10/h1-3,5-6,11-12,16H,4,7-9,14H2. The van der Waals surface area contributed by atoms with Crippen LogP contribution in [0.3, 0.4) is 0 Å². The van der Waals surface area contributed by atoms with Crippen molar-refractivity contribution in [1.82, 2.24) is 5.06 Å². The zero-order valence-corrected chi connectivity index (χ0v) is 10.2. The number of hydrogen-bond acceptors (Lipinski definition) is 5. The molecule has 1 aromatic rings. The molecule has 0 aromatic heterocycles. The van der Waals surface area contributed by atoms with E-state index in [9.17, 15) is 9.90 Å². The fourth-order valence-electron chi connectivity index (χ4n) is 1.97. The van der Waals surface area contributed by atoms with Crippen LogP contribution in [0.4, 0.5) is 0 Å². The van der Waals surface area contributed by atoms with Crippen LogP contribution in [-0.2, 0) is 4.84 Å². The fraction of sp³-hybridized carbons (Fsp3) is 0.462. The summed E-state index contributed by atoms with van der Waals surface area (Å²) in [5.74, 6) is -0.390. The number of aliphatic hydroxyl groups excluding tert-OH is 1. The Morgan fingerprint density at radius 2 is 2.11 bits per heavy atom. The Morgan fingerprint density at radius 3 is 2.83 bits per heavy atom. The minimum absolute atomic E-state index is 0.361. The molecule has 1 saturated heterocycles. The molecule has 0 aliphatic carbocycles. The summed E-state index contributed by atoms with van der Waals surface area (Å²) >= 11 is 0. The lowest BCUT2D eigenvalue weighted by Gasteiger charge is -2.22. The number of nitrogens with zero attached hydrogens (tertiary/aromatic N) is 1. The van der Waals surface area contributed by atoms with Gasteiger partial charge in [0.1, 0.15) is 0 Å². The second kappa shape index (κ2) is 5.95. The third-order valence-electron chi connectivity index (χ3n) is 3.04. The molecule has 1 aliphatic rings. The maximum absolute atomic E-state index is 11.8. The van der Waals surface area contributed by atoms with Crippen LogP contribution < -0.4 is 5.73 Å². The van der Waals surface area contributed by atoms with Crippen LogP contribution >= 0.6 is 0 Å². The maximum Gasteiger partial charge on any atom is 0.357 e. The van der Waals surface area contributed by atoms with Crippen molar-refractivity contribution in [1.29, 1.82) is 0 Å². The second-order valence-electron chi connectivity index (χ2n) is 4.51. The van der Waals surface area contributed by atoms with Crippen LogP contribution in [-0.4, -0.2) is 41.4 Å². The molecule has 0 saturated carbocycles. The van der Waals surface area contributed by atoms with Gasteiger partial charge in [0.05, 0.1) is 18.2 Å². The summed E-state index contributed by atoms with van der Waals surface area (Å²) in [6.45, 7) is 0.961. The molecular weight excluding hydrogens is 232 g/mol. The Bertz CT molecular complexity index is 396. The topological polar surface area (TPSA) is 75.8 Å². The van der Waals surface area contributed by atoms with E-state index in [1.54, 1.807) is 24.3 Å². The lowest BCUT2D eigenvalue weighted by Crippen LogP contribution is -2.43. The van der Waals surface area contributed by atoms with Crippen molar-refractivity contribution in [3.05, 3.63) is 35.9 Å². The summed E-state index contributed by atoms with van der Waals surface area (Å²) in [5.41, 5.74) is 6.31. The lowest BCUT2D eigenvalue weighted by atomic mass is 10.1. The van der Waals surface area contributed by atoms with Gasteiger partial charge in [-0.15, -0.1) is 5.06 Å². The van der Waals surface area contributed by atoms with Crippen LogP contribution in [0.25, 0.3) is 0 Å². The molecule has 18 heavy (non-hydrogen) atoms. The van der Waals surface area contributed by atoms with Gasteiger partial charge in [-0.05, 0) is 25.0 Å². The molecular formula is C13H18N2O3. The highest BCUT2D eigenvalue weighted by atomic mass is 16.7. The summed E-state index contributed by atoms with van der Waals surface area (Å²) in [6, 6.07) is 8.44. The molecule has 0 amide bonds. The zero-order valence-electron chi connectivity index (χ0n) is 10.2. The number of hydrogen-bond donors (Lipinski definition) is 2. The maximum atomic E-state index is 11.8. The van der Waals surface area contributed by atoms with E-state index in [4.69, 9.17) is 10.6 Å². The molecule has 2 rings (SSSR count). The predicted octanol–water partition coefficient (Wildman–Crippen LogP) is 0.542. The van der Waals surface area contributed by atoms with Gasteiger partial charge in [0, 0.05) is 12.6 Å². The van der Waals surface area contributed by atoms with E-state index in [1.165, 1.54) is 5.06 Å². The molecule has 0 bridgehead atoms. The highest BCUT2D eigenvalue weighted by molar-refractivity contribution is 5.89. The summed E-state index contributed by atoms with van der Waals surface area (Å²) in [6.07, 6.45) is 0.878. The smallest absolute Gasteiger partial charge is 0.357 e. The number of nitrogens with two attached hydrogens (primary N) is 1. The van der Waals surface area contributed by atoms with Crippen molar-refractivity contribution in [2.45, 2.75) is 25.0 Å². The molecule has 5 heteroatoms. The monoisotopic (exact) mass is 250 g/mol. The summed E-state index contributed by atoms with van der Waals surface area (Å²) in [5, 5.41) is 11.2. The summed E-state index contributed by atoms with van der Waals surface area (Å²) in [4.78, 5) is 17.1. The zero-order chi connectivity index (χ0) is 13.0. The molecule has 1 aliphatic heterocycles. The first-order chi connectivity index (χ1) is 8.66. The van der Waals surface area contributed by atoms with E-state index in [1.807, 2.05) is 6.07 Å². The van der Waals surface area contributed by atoms with Gasteiger partial charge >= 0.3 is 5.97 Å². The Morgan fingerprint density at radius 1 is 1.39 bits per heavy atom. The molecule has 1 aromatic carbocycles. The average Bonchev–Trinajstić information content (AvgIpc) is 2.53. The van der Waals surface area contributed by atoms with Crippen molar-refractivity contribution in [2.24, 2.45) is 5.73 Å². The third kappa shape index (κ3) is 3.29. The number of aliphatic hydroxyl groups is 1. The highest BCUT2D eigenvalue weighted by Gasteiger charge is 2.24. The summed E-state index contributed by atoms with van der Waals surface area (Å²) in [7, 11) is 0.